The van der Waals surface area contributed by atoms with E-state index in [0.717, 1.165) is 18.9 Å². The Morgan fingerprint density at radius 1 is 1.33 bits per heavy atom. The van der Waals surface area contributed by atoms with Crippen LogP contribution in [0.25, 0.3) is 0 Å². The summed E-state index contributed by atoms with van der Waals surface area (Å²) in [5.74, 6) is 0.741. The first-order chi connectivity index (χ1) is 7.25. The van der Waals surface area contributed by atoms with E-state index in [1.54, 1.807) is 0 Å². The van der Waals surface area contributed by atoms with Crippen LogP contribution in [0.5, 0.6) is 0 Å². The number of aliphatic imine (C=N–C) groups is 1. The van der Waals surface area contributed by atoms with Gasteiger partial charge in [0.1, 0.15) is 0 Å². The van der Waals surface area contributed by atoms with Gasteiger partial charge in [-0.25, -0.2) is 0 Å². The Morgan fingerprint density at radius 2 is 2.13 bits per heavy atom. The van der Waals surface area contributed by atoms with Crippen LogP contribution in [-0.4, -0.2) is 41.7 Å². The molecule has 0 aromatic rings. The first kappa shape index (κ1) is 9.46. The fourth-order valence-electron chi connectivity index (χ4n) is 2.75. The number of nitrogens with two attached hydrogens (primary N) is 1. The molecule has 0 amide bonds. The van der Waals surface area contributed by atoms with Gasteiger partial charge in [-0.05, 0) is 32.6 Å². The summed E-state index contributed by atoms with van der Waals surface area (Å²) in [7, 11) is 0. The molecule has 2 aliphatic heterocycles. The Bertz CT molecular complexity index is 288. The van der Waals surface area contributed by atoms with E-state index in [1.165, 1.54) is 19.3 Å². The van der Waals surface area contributed by atoms with Crippen molar-refractivity contribution in [2.45, 2.75) is 56.9 Å². The van der Waals surface area contributed by atoms with Crippen LogP contribution < -0.4 is 5.73 Å². The highest BCUT2D eigenvalue weighted by Gasteiger charge is 2.43. The van der Waals surface area contributed by atoms with Crippen molar-refractivity contribution in [1.82, 2.24) is 4.90 Å². The largest absolute Gasteiger partial charge is 0.373 e. The van der Waals surface area contributed by atoms with E-state index in [0.29, 0.717) is 24.3 Å². The maximum Gasteiger partial charge on any atom is 0.191 e. The van der Waals surface area contributed by atoms with Crippen LogP contribution in [0.1, 0.15) is 32.6 Å². The van der Waals surface area contributed by atoms with Crippen molar-refractivity contribution in [2.24, 2.45) is 10.7 Å². The molecule has 3 aliphatic rings. The third-order valence-corrected chi connectivity index (χ3v) is 3.70. The van der Waals surface area contributed by atoms with E-state index in [1.807, 2.05) is 0 Å². The highest BCUT2D eigenvalue weighted by molar-refractivity contribution is 5.81. The smallest absolute Gasteiger partial charge is 0.191 e. The summed E-state index contributed by atoms with van der Waals surface area (Å²) in [5.41, 5.74) is 5.93. The number of rotatable bonds is 2. The Morgan fingerprint density at radius 3 is 2.73 bits per heavy atom. The van der Waals surface area contributed by atoms with Crippen LogP contribution in [0.15, 0.2) is 4.99 Å². The van der Waals surface area contributed by atoms with Gasteiger partial charge in [-0.3, -0.25) is 4.99 Å². The number of hydrogen-bond acceptors (Lipinski definition) is 4. The normalized spacial score (nSPS) is 41.0. The van der Waals surface area contributed by atoms with E-state index >= 15 is 0 Å². The Kier molecular flexibility index (Phi) is 2.12. The highest BCUT2D eigenvalue weighted by Crippen LogP contribution is 2.35. The zero-order valence-corrected chi connectivity index (χ0v) is 9.22. The summed E-state index contributed by atoms with van der Waals surface area (Å²) in [6, 6.07) is 1.07. The minimum atomic E-state index is 0.352. The lowest BCUT2D eigenvalue weighted by Gasteiger charge is -2.30. The molecule has 3 atom stereocenters. The van der Waals surface area contributed by atoms with Gasteiger partial charge in [0, 0.05) is 6.04 Å². The van der Waals surface area contributed by atoms with Crippen LogP contribution in [0.4, 0.5) is 0 Å². The molecule has 84 valence electrons. The Balaban J connectivity index is 1.71. The second kappa shape index (κ2) is 3.37. The lowest BCUT2D eigenvalue weighted by atomic mass is 10.1. The summed E-state index contributed by atoms with van der Waals surface area (Å²) in [4.78, 5) is 6.68. The van der Waals surface area contributed by atoms with E-state index in [9.17, 15) is 0 Å². The van der Waals surface area contributed by atoms with Gasteiger partial charge in [-0.2, -0.15) is 0 Å². The fraction of sp³-hybridized carbons (Fsp3) is 0.909. The quantitative estimate of drug-likeness (QED) is 0.729. The molecule has 0 aromatic carbocycles. The lowest BCUT2D eigenvalue weighted by molar-refractivity contribution is 0.0156. The molecule has 15 heavy (non-hydrogen) atoms. The second-order valence-electron chi connectivity index (χ2n) is 4.97. The Hall–Kier alpha value is -0.770. The average Bonchev–Trinajstić information content (AvgIpc) is 2.84. The van der Waals surface area contributed by atoms with Crippen molar-refractivity contribution in [3.05, 3.63) is 0 Å². The van der Waals surface area contributed by atoms with Crippen LogP contribution in [0, 0.1) is 0 Å². The van der Waals surface area contributed by atoms with Crippen LogP contribution in [0.2, 0.25) is 0 Å². The molecule has 0 bridgehead atoms. The summed E-state index contributed by atoms with van der Waals surface area (Å²) in [6.07, 6.45) is 5.66. The summed E-state index contributed by atoms with van der Waals surface area (Å²) in [6.45, 7) is 2.99. The third kappa shape index (κ3) is 1.61. The standard InChI is InChI=1S/C11H19N3O/c1-7-2-5-10(15-7)9-6-13-11(12)14(9)8-3-4-8/h7-10H,2-6H2,1H3,(H2,12,13). The Labute approximate surface area is 90.5 Å². The molecule has 1 saturated heterocycles. The average molecular weight is 209 g/mol. The summed E-state index contributed by atoms with van der Waals surface area (Å²) >= 11 is 0. The highest BCUT2D eigenvalue weighted by atomic mass is 16.5. The molecule has 2 heterocycles. The first-order valence-electron chi connectivity index (χ1n) is 5.99. The van der Waals surface area contributed by atoms with Crippen molar-refractivity contribution >= 4 is 5.96 Å². The van der Waals surface area contributed by atoms with Gasteiger partial charge >= 0.3 is 0 Å². The predicted octanol–water partition coefficient (Wildman–Crippen LogP) is 0.715. The SMILES string of the molecule is CC1CCC(C2CN=C(N)N2C2CC2)O1. The van der Waals surface area contributed by atoms with Crippen LogP contribution in [-0.2, 0) is 4.74 Å². The topological polar surface area (TPSA) is 50.8 Å². The van der Waals surface area contributed by atoms with E-state index < -0.39 is 0 Å². The molecule has 4 heteroatoms. The van der Waals surface area contributed by atoms with E-state index in [-0.39, 0.29) is 0 Å². The minimum absolute atomic E-state index is 0.352. The maximum atomic E-state index is 5.93. The molecular formula is C11H19N3O. The van der Waals surface area contributed by atoms with Crippen molar-refractivity contribution in [1.29, 1.82) is 0 Å². The first-order valence-corrected chi connectivity index (χ1v) is 5.99. The number of guanidine groups is 1. The maximum absolute atomic E-state index is 5.93. The van der Waals surface area contributed by atoms with Crippen molar-refractivity contribution in [2.75, 3.05) is 6.54 Å². The van der Waals surface area contributed by atoms with Gasteiger partial charge < -0.3 is 15.4 Å². The van der Waals surface area contributed by atoms with E-state index in [4.69, 9.17) is 10.5 Å². The molecule has 3 unspecified atom stereocenters. The molecule has 0 radical (unpaired) electrons. The van der Waals surface area contributed by atoms with Crippen molar-refractivity contribution in [3.8, 4) is 0 Å². The lowest BCUT2D eigenvalue weighted by Crippen LogP contribution is -2.48. The number of ether oxygens (including phenoxy) is 1. The molecule has 0 spiro atoms. The zero-order chi connectivity index (χ0) is 10.4. The van der Waals surface area contributed by atoms with Gasteiger partial charge in [0.15, 0.2) is 5.96 Å². The van der Waals surface area contributed by atoms with Crippen molar-refractivity contribution < 1.29 is 4.74 Å². The second-order valence-corrected chi connectivity index (χ2v) is 4.97. The molecule has 3 rings (SSSR count). The molecule has 1 saturated carbocycles. The fourth-order valence-corrected chi connectivity index (χ4v) is 2.75. The van der Waals surface area contributed by atoms with Gasteiger partial charge in [0.25, 0.3) is 0 Å². The minimum Gasteiger partial charge on any atom is -0.373 e. The molecule has 1 aliphatic carbocycles. The van der Waals surface area contributed by atoms with Gasteiger partial charge in [0.05, 0.1) is 24.8 Å². The zero-order valence-electron chi connectivity index (χ0n) is 9.22. The molecule has 2 fully saturated rings. The summed E-state index contributed by atoms with van der Waals surface area (Å²) < 4.78 is 5.93. The number of nitrogens with zero attached hydrogens (tertiary/aromatic N) is 2. The van der Waals surface area contributed by atoms with Crippen LogP contribution >= 0.6 is 0 Å². The van der Waals surface area contributed by atoms with Gasteiger partial charge in [-0.15, -0.1) is 0 Å². The van der Waals surface area contributed by atoms with Crippen molar-refractivity contribution in [3.63, 3.8) is 0 Å². The van der Waals surface area contributed by atoms with Gasteiger partial charge in [-0.1, -0.05) is 0 Å². The summed E-state index contributed by atoms with van der Waals surface area (Å²) in [5, 5.41) is 0. The monoisotopic (exact) mass is 209 g/mol. The predicted molar refractivity (Wildman–Crippen MR) is 58.7 cm³/mol. The molecule has 2 N–H and O–H groups in total. The molecule has 4 nitrogen and oxygen atoms in total. The van der Waals surface area contributed by atoms with Crippen LogP contribution in [0.3, 0.4) is 0 Å². The van der Waals surface area contributed by atoms with Gasteiger partial charge in [0.2, 0.25) is 0 Å². The number of hydrogen-bond donors (Lipinski definition) is 1. The van der Waals surface area contributed by atoms with E-state index in [2.05, 4.69) is 16.8 Å². The third-order valence-electron chi connectivity index (χ3n) is 3.70. The molecular weight excluding hydrogens is 190 g/mol. The molecule has 0 aromatic heterocycles.